The van der Waals surface area contributed by atoms with Gasteiger partial charge in [0.1, 0.15) is 11.8 Å². The number of hydrogen-bond donors (Lipinski definition) is 1. The molecule has 0 aliphatic carbocycles. The Morgan fingerprint density at radius 1 is 1.07 bits per heavy atom. The van der Waals surface area contributed by atoms with E-state index >= 15 is 0 Å². The van der Waals surface area contributed by atoms with Crippen molar-refractivity contribution >= 4 is 23.4 Å². The van der Waals surface area contributed by atoms with Gasteiger partial charge in [-0.15, -0.1) is 0 Å². The fourth-order valence-electron chi connectivity index (χ4n) is 2.78. The summed E-state index contributed by atoms with van der Waals surface area (Å²) in [6.45, 7) is 4.68. The van der Waals surface area contributed by atoms with Gasteiger partial charge in [0.15, 0.2) is 0 Å². The van der Waals surface area contributed by atoms with Gasteiger partial charge in [0.25, 0.3) is 0 Å². The maximum atomic E-state index is 13.0. The molecule has 5 nitrogen and oxygen atoms in total. The van der Waals surface area contributed by atoms with Crippen molar-refractivity contribution in [1.29, 1.82) is 0 Å². The second-order valence-electron chi connectivity index (χ2n) is 6.64. The monoisotopic (exact) mass is 402 g/mol. The van der Waals surface area contributed by atoms with Crippen LogP contribution in [0.5, 0.6) is 5.75 Å². The second kappa shape index (κ2) is 10.7. The molecule has 1 N–H and O–H groups in total. The molecule has 1 atom stereocenters. The zero-order valence-electron chi connectivity index (χ0n) is 16.6. The molecule has 0 saturated heterocycles. The van der Waals surface area contributed by atoms with Gasteiger partial charge in [0.2, 0.25) is 11.8 Å². The van der Waals surface area contributed by atoms with E-state index in [-0.39, 0.29) is 18.2 Å². The van der Waals surface area contributed by atoms with Crippen LogP contribution in [0.15, 0.2) is 48.5 Å². The van der Waals surface area contributed by atoms with Crippen LogP contribution < -0.4 is 10.1 Å². The molecule has 0 saturated carbocycles. The molecule has 0 aliphatic rings. The van der Waals surface area contributed by atoms with Crippen molar-refractivity contribution in [3.05, 3.63) is 64.7 Å². The highest BCUT2D eigenvalue weighted by atomic mass is 35.5. The summed E-state index contributed by atoms with van der Waals surface area (Å²) in [4.78, 5) is 27.1. The topological polar surface area (TPSA) is 58.6 Å². The Bertz CT molecular complexity index is 775. The third kappa shape index (κ3) is 6.27. The first-order chi connectivity index (χ1) is 13.4. The van der Waals surface area contributed by atoms with Crippen molar-refractivity contribution in [3.63, 3.8) is 0 Å². The summed E-state index contributed by atoms with van der Waals surface area (Å²) in [5.74, 6) is 0.472. The summed E-state index contributed by atoms with van der Waals surface area (Å²) >= 11 is 5.96. The van der Waals surface area contributed by atoms with Crippen LogP contribution >= 0.6 is 11.6 Å². The van der Waals surface area contributed by atoms with Gasteiger partial charge in [0.05, 0.1) is 13.5 Å². The summed E-state index contributed by atoms with van der Waals surface area (Å²) in [7, 11) is 1.60. The third-order valence-electron chi connectivity index (χ3n) is 4.50. The van der Waals surface area contributed by atoms with Gasteiger partial charge in [-0.05, 0) is 48.7 Å². The standard InChI is InChI=1S/C22H27ClN2O3/c1-4-13-24-22(27)16(2)25(15-18-5-9-19(23)10-6-18)21(26)14-17-7-11-20(28-3)12-8-17/h5-12,16H,4,13-15H2,1-3H3,(H,24,27)/t16-/m0/s1. The molecule has 150 valence electrons. The maximum absolute atomic E-state index is 13.0. The Kier molecular flexibility index (Phi) is 8.33. The third-order valence-corrected chi connectivity index (χ3v) is 4.75. The predicted octanol–water partition coefficient (Wildman–Crippen LogP) is 3.83. The number of carbonyl (C=O) groups is 2. The van der Waals surface area contributed by atoms with E-state index in [0.29, 0.717) is 18.1 Å². The number of hydrogen-bond acceptors (Lipinski definition) is 3. The molecule has 0 aliphatic heterocycles. The van der Waals surface area contributed by atoms with Crippen LogP contribution in [0.25, 0.3) is 0 Å². The van der Waals surface area contributed by atoms with Crippen LogP contribution in [0.3, 0.4) is 0 Å². The lowest BCUT2D eigenvalue weighted by Crippen LogP contribution is -2.48. The van der Waals surface area contributed by atoms with Gasteiger partial charge in [-0.3, -0.25) is 9.59 Å². The van der Waals surface area contributed by atoms with E-state index in [2.05, 4.69) is 5.32 Å². The van der Waals surface area contributed by atoms with E-state index in [4.69, 9.17) is 16.3 Å². The molecule has 6 heteroatoms. The number of nitrogens with zero attached hydrogens (tertiary/aromatic N) is 1. The molecule has 0 aromatic heterocycles. The number of methoxy groups -OCH3 is 1. The van der Waals surface area contributed by atoms with E-state index in [1.54, 1.807) is 31.1 Å². The lowest BCUT2D eigenvalue weighted by atomic mass is 10.1. The summed E-state index contributed by atoms with van der Waals surface area (Å²) in [6.07, 6.45) is 1.05. The quantitative estimate of drug-likeness (QED) is 0.693. The number of amides is 2. The number of nitrogens with one attached hydrogen (secondary N) is 1. The number of carbonyl (C=O) groups excluding carboxylic acids is 2. The van der Waals surface area contributed by atoms with Crippen LogP contribution in [-0.4, -0.2) is 36.4 Å². The zero-order valence-corrected chi connectivity index (χ0v) is 17.3. The van der Waals surface area contributed by atoms with Gasteiger partial charge in [-0.2, -0.15) is 0 Å². The first-order valence-electron chi connectivity index (χ1n) is 9.39. The largest absolute Gasteiger partial charge is 0.497 e. The smallest absolute Gasteiger partial charge is 0.242 e. The van der Waals surface area contributed by atoms with Crippen LogP contribution in [0.4, 0.5) is 0 Å². The fraction of sp³-hybridized carbons (Fsp3) is 0.364. The Hall–Kier alpha value is -2.53. The Balaban J connectivity index is 2.18. The van der Waals surface area contributed by atoms with Crippen molar-refractivity contribution < 1.29 is 14.3 Å². The fourth-order valence-corrected chi connectivity index (χ4v) is 2.91. The molecule has 0 bridgehead atoms. The van der Waals surface area contributed by atoms with Gasteiger partial charge in [-0.1, -0.05) is 42.8 Å². The molecule has 2 aromatic carbocycles. The normalized spacial score (nSPS) is 11.6. The van der Waals surface area contributed by atoms with E-state index in [0.717, 1.165) is 23.3 Å². The molecule has 28 heavy (non-hydrogen) atoms. The minimum absolute atomic E-state index is 0.112. The molecule has 2 rings (SSSR count). The Morgan fingerprint density at radius 2 is 1.68 bits per heavy atom. The molecule has 0 fully saturated rings. The SMILES string of the molecule is CCCNC(=O)[C@H](C)N(Cc1ccc(Cl)cc1)C(=O)Cc1ccc(OC)cc1. The average Bonchev–Trinajstić information content (AvgIpc) is 2.71. The Morgan fingerprint density at radius 3 is 2.25 bits per heavy atom. The number of halogens is 1. The molecule has 0 spiro atoms. The lowest BCUT2D eigenvalue weighted by Gasteiger charge is -2.29. The Labute approximate surface area is 171 Å². The number of ether oxygens (including phenoxy) is 1. The van der Waals surface area contributed by atoms with Crippen molar-refractivity contribution in [1.82, 2.24) is 10.2 Å². The number of rotatable bonds is 9. The minimum atomic E-state index is -0.576. The van der Waals surface area contributed by atoms with E-state index in [9.17, 15) is 9.59 Å². The molecular weight excluding hydrogens is 376 g/mol. The van der Waals surface area contributed by atoms with E-state index in [1.807, 2.05) is 43.3 Å². The van der Waals surface area contributed by atoms with E-state index < -0.39 is 6.04 Å². The first-order valence-corrected chi connectivity index (χ1v) is 9.77. The molecule has 0 radical (unpaired) electrons. The van der Waals surface area contributed by atoms with Crippen LogP contribution in [0, 0.1) is 0 Å². The zero-order chi connectivity index (χ0) is 20.5. The van der Waals surface area contributed by atoms with Crippen molar-refractivity contribution in [2.24, 2.45) is 0 Å². The van der Waals surface area contributed by atoms with E-state index in [1.165, 1.54) is 0 Å². The highest BCUT2D eigenvalue weighted by molar-refractivity contribution is 6.30. The molecular formula is C22H27ClN2O3. The summed E-state index contributed by atoms with van der Waals surface area (Å²) < 4.78 is 5.16. The van der Waals surface area contributed by atoms with Crippen molar-refractivity contribution in [2.75, 3.05) is 13.7 Å². The predicted molar refractivity (Wildman–Crippen MR) is 111 cm³/mol. The summed E-state index contributed by atoms with van der Waals surface area (Å²) in [5, 5.41) is 3.50. The molecule has 0 heterocycles. The lowest BCUT2D eigenvalue weighted by molar-refractivity contribution is -0.140. The molecule has 2 aromatic rings. The van der Waals surface area contributed by atoms with Gasteiger partial charge >= 0.3 is 0 Å². The van der Waals surface area contributed by atoms with Crippen LogP contribution in [0.1, 0.15) is 31.4 Å². The summed E-state index contributed by atoms with van der Waals surface area (Å²) in [5.41, 5.74) is 1.79. The van der Waals surface area contributed by atoms with Crippen molar-refractivity contribution in [2.45, 2.75) is 39.3 Å². The van der Waals surface area contributed by atoms with Crippen LogP contribution in [0.2, 0.25) is 5.02 Å². The number of benzene rings is 2. The molecule has 2 amide bonds. The summed E-state index contributed by atoms with van der Waals surface area (Å²) in [6, 6.07) is 14.1. The molecule has 0 unspecified atom stereocenters. The van der Waals surface area contributed by atoms with Gasteiger partial charge < -0.3 is 15.0 Å². The van der Waals surface area contributed by atoms with Crippen molar-refractivity contribution in [3.8, 4) is 5.75 Å². The maximum Gasteiger partial charge on any atom is 0.242 e. The van der Waals surface area contributed by atoms with Gasteiger partial charge in [-0.25, -0.2) is 0 Å². The highest BCUT2D eigenvalue weighted by Crippen LogP contribution is 2.17. The van der Waals surface area contributed by atoms with Crippen LogP contribution in [-0.2, 0) is 22.6 Å². The first kappa shape index (κ1) is 21.8. The highest BCUT2D eigenvalue weighted by Gasteiger charge is 2.26. The minimum Gasteiger partial charge on any atom is -0.497 e. The van der Waals surface area contributed by atoms with Gasteiger partial charge in [0, 0.05) is 18.1 Å². The average molecular weight is 403 g/mol. The second-order valence-corrected chi connectivity index (χ2v) is 7.08.